The first kappa shape index (κ1) is 17.8. The molecule has 0 radical (unpaired) electrons. The second-order valence-corrected chi connectivity index (χ2v) is 5.55. The molecule has 0 unspecified atom stereocenters. The third kappa shape index (κ3) is 7.32. The first-order chi connectivity index (χ1) is 10.0. The summed E-state index contributed by atoms with van der Waals surface area (Å²) in [7, 11) is 1.99. The van der Waals surface area contributed by atoms with Gasteiger partial charge in [-0.05, 0) is 51.1 Å². The van der Waals surface area contributed by atoms with E-state index in [0.717, 1.165) is 25.8 Å². The van der Waals surface area contributed by atoms with Crippen LogP contribution in [-0.4, -0.2) is 42.7 Å². The number of halogens is 1. The number of aliphatic hydroxyl groups excluding tert-OH is 1. The predicted molar refractivity (Wildman–Crippen MR) is 87.5 cm³/mol. The third-order valence-corrected chi connectivity index (χ3v) is 3.44. The van der Waals surface area contributed by atoms with Crippen LogP contribution in [0.15, 0.2) is 18.2 Å². The molecule has 5 nitrogen and oxygen atoms in total. The lowest BCUT2D eigenvalue weighted by Gasteiger charge is -2.16. The summed E-state index contributed by atoms with van der Waals surface area (Å²) in [6.45, 7) is 1.86. The van der Waals surface area contributed by atoms with Gasteiger partial charge in [-0.15, -0.1) is 0 Å². The van der Waals surface area contributed by atoms with Gasteiger partial charge >= 0.3 is 0 Å². The second-order valence-electron chi connectivity index (χ2n) is 5.12. The molecule has 1 aromatic rings. The van der Waals surface area contributed by atoms with Crippen LogP contribution in [-0.2, 0) is 4.79 Å². The Hall–Kier alpha value is -1.30. The lowest BCUT2D eigenvalue weighted by atomic mass is 10.2. The summed E-state index contributed by atoms with van der Waals surface area (Å²) in [5.74, 6) is -0.0637. The maximum absolute atomic E-state index is 11.9. The highest BCUT2D eigenvalue weighted by Crippen LogP contribution is 2.22. The van der Waals surface area contributed by atoms with Gasteiger partial charge in [-0.2, -0.15) is 0 Å². The molecule has 118 valence electrons. The quantitative estimate of drug-likeness (QED) is 0.483. The fourth-order valence-electron chi connectivity index (χ4n) is 1.93. The van der Waals surface area contributed by atoms with Crippen molar-refractivity contribution in [3.63, 3.8) is 0 Å². The van der Waals surface area contributed by atoms with Gasteiger partial charge in [-0.25, -0.2) is 0 Å². The Kier molecular flexibility index (Phi) is 8.12. The lowest BCUT2D eigenvalue weighted by molar-refractivity contribution is -0.116. The van der Waals surface area contributed by atoms with Crippen LogP contribution in [0.25, 0.3) is 0 Å². The molecule has 0 aromatic heterocycles. The lowest BCUT2D eigenvalue weighted by Crippen LogP contribution is -2.25. The fourth-order valence-corrected chi connectivity index (χ4v) is 2.12. The van der Waals surface area contributed by atoms with E-state index in [2.05, 4.69) is 10.2 Å². The first-order valence-electron chi connectivity index (χ1n) is 7.17. The van der Waals surface area contributed by atoms with Gasteiger partial charge in [0, 0.05) is 24.6 Å². The van der Waals surface area contributed by atoms with Gasteiger partial charge in [-0.3, -0.25) is 4.79 Å². The van der Waals surface area contributed by atoms with Crippen molar-refractivity contribution in [2.24, 2.45) is 0 Å². The molecule has 0 heterocycles. The number of benzene rings is 1. The van der Waals surface area contributed by atoms with Crippen molar-refractivity contribution in [1.29, 1.82) is 0 Å². The van der Waals surface area contributed by atoms with E-state index in [1.165, 1.54) is 0 Å². The third-order valence-electron chi connectivity index (χ3n) is 3.21. The van der Waals surface area contributed by atoms with E-state index in [-0.39, 0.29) is 12.5 Å². The summed E-state index contributed by atoms with van der Waals surface area (Å²) in [4.78, 5) is 14.0. The molecule has 21 heavy (non-hydrogen) atoms. The van der Waals surface area contributed by atoms with E-state index in [1.807, 2.05) is 7.05 Å². The van der Waals surface area contributed by atoms with Crippen LogP contribution in [0.4, 0.5) is 11.4 Å². The van der Waals surface area contributed by atoms with Gasteiger partial charge in [0.1, 0.15) is 0 Å². The van der Waals surface area contributed by atoms with Gasteiger partial charge in [0.2, 0.25) is 5.91 Å². The standard InChI is InChI=1S/C15H24ClN3O2/c1-19(8-3-2-4-10-20)9-7-15(21)18-14-6-5-12(16)11-13(14)17/h5-6,11,20H,2-4,7-10,17H2,1H3,(H,18,21). The number of anilines is 2. The summed E-state index contributed by atoms with van der Waals surface area (Å²) >= 11 is 5.81. The van der Waals surface area contributed by atoms with Crippen LogP contribution < -0.4 is 11.1 Å². The van der Waals surface area contributed by atoms with Crippen LogP contribution in [0.5, 0.6) is 0 Å². The monoisotopic (exact) mass is 313 g/mol. The summed E-state index contributed by atoms with van der Waals surface area (Å²) in [6, 6.07) is 5.01. The van der Waals surface area contributed by atoms with Crippen molar-refractivity contribution in [2.75, 3.05) is 37.8 Å². The zero-order valence-electron chi connectivity index (χ0n) is 12.4. The van der Waals surface area contributed by atoms with E-state index < -0.39 is 0 Å². The molecule has 0 fully saturated rings. The number of carbonyl (C=O) groups excluding carboxylic acids is 1. The number of amides is 1. The predicted octanol–water partition coefficient (Wildman–Crippen LogP) is 2.35. The van der Waals surface area contributed by atoms with Crippen molar-refractivity contribution in [3.05, 3.63) is 23.2 Å². The van der Waals surface area contributed by atoms with Crippen molar-refractivity contribution in [3.8, 4) is 0 Å². The summed E-state index contributed by atoms with van der Waals surface area (Å²) in [5, 5.41) is 12.0. The first-order valence-corrected chi connectivity index (χ1v) is 7.55. The smallest absolute Gasteiger partial charge is 0.225 e. The van der Waals surface area contributed by atoms with Crippen LogP contribution >= 0.6 is 11.6 Å². The van der Waals surface area contributed by atoms with Crippen LogP contribution in [0.2, 0.25) is 5.02 Å². The molecule has 0 saturated heterocycles. The summed E-state index contributed by atoms with van der Waals surface area (Å²) in [5.41, 5.74) is 6.85. The number of nitrogen functional groups attached to an aromatic ring is 1. The minimum Gasteiger partial charge on any atom is -0.397 e. The fraction of sp³-hybridized carbons (Fsp3) is 0.533. The number of aliphatic hydroxyl groups is 1. The molecular weight excluding hydrogens is 290 g/mol. The largest absolute Gasteiger partial charge is 0.397 e. The number of hydrogen-bond acceptors (Lipinski definition) is 4. The number of carbonyl (C=O) groups is 1. The maximum atomic E-state index is 11.9. The highest BCUT2D eigenvalue weighted by atomic mass is 35.5. The van der Waals surface area contributed by atoms with Gasteiger partial charge in [0.15, 0.2) is 0 Å². The molecule has 0 aliphatic heterocycles. The van der Waals surface area contributed by atoms with Gasteiger partial charge in [0.25, 0.3) is 0 Å². The van der Waals surface area contributed by atoms with Gasteiger partial charge < -0.3 is 21.1 Å². The molecule has 1 amide bonds. The molecule has 0 saturated carbocycles. The molecule has 0 spiro atoms. The Morgan fingerprint density at radius 3 is 2.76 bits per heavy atom. The Morgan fingerprint density at radius 2 is 2.10 bits per heavy atom. The van der Waals surface area contributed by atoms with Crippen LogP contribution in [0.1, 0.15) is 25.7 Å². The highest BCUT2D eigenvalue weighted by molar-refractivity contribution is 6.31. The number of unbranched alkanes of at least 4 members (excludes halogenated alkanes) is 2. The zero-order valence-corrected chi connectivity index (χ0v) is 13.2. The number of rotatable bonds is 9. The van der Waals surface area contributed by atoms with E-state index in [1.54, 1.807) is 18.2 Å². The maximum Gasteiger partial charge on any atom is 0.225 e. The molecule has 6 heteroatoms. The molecule has 0 atom stereocenters. The minimum absolute atomic E-state index is 0.0637. The van der Waals surface area contributed by atoms with Crippen molar-refractivity contribution >= 4 is 28.9 Å². The van der Waals surface area contributed by atoms with Gasteiger partial charge in [-0.1, -0.05) is 11.6 Å². The van der Waals surface area contributed by atoms with E-state index in [4.69, 9.17) is 22.4 Å². The Labute approximate surface area is 131 Å². The molecule has 4 N–H and O–H groups in total. The van der Waals surface area contributed by atoms with Crippen molar-refractivity contribution in [2.45, 2.75) is 25.7 Å². The Balaban J connectivity index is 2.27. The normalized spacial score (nSPS) is 10.9. The summed E-state index contributed by atoms with van der Waals surface area (Å²) in [6.07, 6.45) is 3.29. The second kappa shape index (κ2) is 9.60. The Morgan fingerprint density at radius 1 is 1.33 bits per heavy atom. The van der Waals surface area contributed by atoms with Gasteiger partial charge in [0.05, 0.1) is 11.4 Å². The molecule has 0 aliphatic rings. The number of nitrogens with one attached hydrogen (secondary N) is 1. The zero-order chi connectivity index (χ0) is 15.7. The minimum atomic E-state index is -0.0637. The molecular formula is C15H24ClN3O2. The topological polar surface area (TPSA) is 78.6 Å². The van der Waals surface area contributed by atoms with E-state index in [9.17, 15) is 4.79 Å². The summed E-state index contributed by atoms with van der Waals surface area (Å²) < 4.78 is 0. The van der Waals surface area contributed by atoms with E-state index >= 15 is 0 Å². The number of nitrogens with zero attached hydrogens (tertiary/aromatic N) is 1. The SMILES string of the molecule is CN(CCCCCO)CCC(=O)Nc1ccc(Cl)cc1N. The number of hydrogen-bond donors (Lipinski definition) is 3. The molecule has 1 aromatic carbocycles. The highest BCUT2D eigenvalue weighted by Gasteiger charge is 2.07. The number of nitrogens with two attached hydrogens (primary N) is 1. The van der Waals surface area contributed by atoms with Crippen LogP contribution in [0.3, 0.4) is 0 Å². The van der Waals surface area contributed by atoms with Crippen LogP contribution in [0, 0.1) is 0 Å². The molecule has 0 aliphatic carbocycles. The van der Waals surface area contributed by atoms with E-state index in [0.29, 0.717) is 29.4 Å². The average Bonchev–Trinajstić information content (AvgIpc) is 2.44. The Bertz CT molecular complexity index is 455. The average molecular weight is 314 g/mol. The molecule has 1 rings (SSSR count). The van der Waals surface area contributed by atoms with Crippen molar-refractivity contribution in [1.82, 2.24) is 4.90 Å². The molecule has 0 bridgehead atoms. The van der Waals surface area contributed by atoms with Crippen molar-refractivity contribution < 1.29 is 9.90 Å².